The van der Waals surface area contributed by atoms with Crippen molar-refractivity contribution in [2.24, 2.45) is 0 Å². The molecule has 0 aliphatic carbocycles. The summed E-state index contributed by atoms with van der Waals surface area (Å²) in [5, 5.41) is 0. The van der Waals surface area contributed by atoms with Crippen molar-refractivity contribution in [3.05, 3.63) is 0 Å². The molecule has 0 amide bonds. The molecule has 121 valence electrons. The first kappa shape index (κ1) is 23.8. The molecule has 0 aliphatic rings. The van der Waals surface area contributed by atoms with Gasteiger partial charge < -0.3 is 0 Å². The van der Waals surface area contributed by atoms with Crippen molar-refractivity contribution < 1.29 is 3.07 Å². The summed E-state index contributed by atoms with van der Waals surface area (Å²) >= 11 is -1.13. The molecule has 0 bridgehead atoms. The van der Waals surface area contributed by atoms with Crippen LogP contribution in [-0.4, -0.2) is 48.4 Å². The van der Waals surface area contributed by atoms with Crippen LogP contribution in [-0.2, 0) is 3.07 Å². The molecule has 0 aromatic rings. The number of hydrogen-bond acceptors (Lipinski definition) is 1. The van der Waals surface area contributed by atoms with Gasteiger partial charge in [-0.25, -0.2) is 0 Å². The van der Waals surface area contributed by atoms with Crippen molar-refractivity contribution >= 4 is 41.3 Å². The third-order valence-corrected chi connectivity index (χ3v) is 14.2. The summed E-state index contributed by atoms with van der Waals surface area (Å²) in [5.41, 5.74) is 0. The SMILES string of the molecule is CCC[CH2][Sn]([CH2]CCC)[O]C.CCC[CH2][Sn][CH2]CCC. The molecule has 0 rings (SSSR count). The van der Waals surface area contributed by atoms with E-state index in [2.05, 4.69) is 27.7 Å². The molecule has 0 saturated heterocycles. The van der Waals surface area contributed by atoms with Crippen LogP contribution >= 0.6 is 0 Å². The zero-order valence-electron chi connectivity index (χ0n) is 14.9. The second-order valence-corrected chi connectivity index (χ2v) is 16.8. The summed E-state index contributed by atoms with van der Waals surface area (Å²) in [4.78, 5) is 0. The minimum atomic E-state index is -1.28. The van der Waals surface area contributed by atoms with Crippen LogP contribution in [0.5, 0.6) is 0 Å². The third-order valence-electron chi connectivity index (χ3n) is 3.32. The fourth-order valence-corrected chi connectivity index (χ4v) is 12.1. The van der Waals surface area contributed by atoms with Gasteiger partial charge in [0.1, 0.15) is 0 Å². The monoisotopic (exact) mass is 499 g/mol. The Morgan fingerprint density at radius 3 is 1.40 bits per heavy atom. The van der Waals surface area contributed by atoms with E-state index in [0.29, 0.717) is 0 Å². The molecule has 0 heterocycles. The van der Waals surface area contributed by atoms with Gasteiger partial charge in [0.15, 0.2) is 0 Å². The summed E-state index contributed by atoms with van der Waals surface area (Å²) in [6.45, 7) is 9.10. The van der Waals surface area contributed by atoms with Gasteiger partial charge in [-0.1, -0.05) is 0 Å². The van der Waals surface area contributed by atoms with Crippen LogP contribution in [0.3, 0.4) is 0 Å². The van der Waals surface area contributed by atoms with Gasteiger partial charge in [0.05, 0.1) is 0 Å². The molecule has 20 heavy (non-hydrogen) atoms. The standard InChI is InChI=1S/4C4H9.CH3O.2Sn/c4*1-3-4-2;1-2;;/h4*1,3-4H2,2H3;1H3;;/q;;;;-1;;+1. The molecule has 0 unspecified atom stereocenters. The van der Waals surface area contributed by atoms with Crippen molar-refractivity contribution in [1.29, 1.82) is 0 Å². The molecule has 0 aromatic carbocycles. The Bertz CT molecular complexity index is 140. The Labute approximate surface area is 147 Å². The summed E-state index contributed by atoms with van der Waals surface area (Å²) in [6.07, 6.45) is 11.3. The van der Waals surface area contributed by atoms with Gasteiger partial charge in [0.2, 0.25) is 0 Å². The fourth-order valence-electron chi connectivity index (χ4n) is 1.81. The number of hydrogen-bond donors (Lipinski definition) is 0. The van der Waals surface area contributed by atoms with Crippen LogP contribution in [0.25, 0.3) is 0 Å². The van der Waals surface area contributed by atoms with E-state index in [-0.39, 0.29) is 21.1 Å². The molecule has 1 nitrogen and oxygen atoms in total. The van der Waals surface area contributed by atoms with E-state index in [9.17, 15) is 0 Å². The van der Waals surface area contributed by atoms with Gasteiger partial charge in [-0.2, -0.15) is 0 Å². The Hall–Kier alpha value is 1.56. The van der Waals surface area contributed by atoms with Crippen molar-refractivity contribution in [3.63, 3.8) is 0 Å². The van der Waals surface area contributed by atoms with Crippen LogP contribution in [0.1, 0.15) is 79.1 Å². The van der Waals surface area contributed by atoms with Gasteiger partial charge in [-0.15, -0.1) is 0 Å². The normalized spacial score (nSPS) is 10.5. The molecule has 0 fully saturated rings. The zero-order valence-corrected chi connectivity index (χ0v) is 20.6. The Morgan fingerprint density at radius 2 is 1.10 bits per heavy atom. The van der Waals surface area contributed by atoms with Crippen LogP contribution in [0.4, 0.5) is 0 Å². The molecule has 0 aromatic heterocycles. The van der Waals surface area contributed by atoms with Gasteiger partial charge in [-0.3, -0.25) is 0 Å². The first-order chi connectivity index (χ1) is 9.76. The van der Waals surface area contributed by atoms with Gasteiger partial charge in [0.25, 0.3) is 0 Å². The van der Waals surface area contributed by atoms with E-state index in [1.165, 1.54) is 60.2 Å². The van der Waals surface area contributed by atoms with Gasteiger partial charge in [0, 0.05) is 0 Å². The molecule has 0 aliphatic heterocycles. The molecular formula is C17H39OSn2. The number of rotatable bonds is 13. The van der Waals surface area contributed by atoms with Crippen molar-refractivity contribution in [2.75, 3.05) is 7.11 Å². The van der Waals surface area contributed by atoms with Crippen molar-refractivity contribution in [3.8, 4) is 0 Å². The molecule has 0 N–H and O–H groups in total. The molecular weight excluding hydrogens is 458 g/mol. The molecule has 3 heteroatoms. The zero-order chi connectivity index (χ0) is 15.5. The van der Waals surface area contributed by atoms with E-state index in [4.69, 9.17) is 3.07 Å². The van der Waals surface area contributed by atoms with Crippen LogP contribution < -0.4 is 0 Å². The summed E-state index contributed by atoms with van der Waals surface area (Å²) in [5.74, 6) is 0. The van der Waals surface area contributed by atoms with Crippen molar-refractivity contribution in [1.82, 2.24) is 0 Å². The minimum absolute atomic E-state index is 0.149. The predicted molar refractivity (Wildman–Crippen MR) is 97.4 cm³/mol. The third kappa shape index (κ3) is 21.8. The maximum atomic E-state index is 5.55. The second kappa shape index (κ2) is 22.8. The molecule has 0 spiro atoms. The fraction of sp³-hybridized carbons (Fsp3) is 1.00. The molecule has 0 saturated carbocycles. The maximum absolute atomic E-state index is 5.55. The average molecular weight is 497 g/mol. The summed E-state index contributed by atoms with van der Waals surface area (Å²) in [6, 6.07) is 0. The van der Waals surface area contributed by atoms with Gasteiger partial charge >= 0.3 is 148 Å². The van der Waals surface area contributed by atoms with E-state index in [1.807, 2.05) is 7.11 Å². The van der Waals surface area contributed by atoms with Crippen molar-refractivity contribution in [2.45, 2.75) is 96.8 Å². The van der Waals surface area contributed by atoms with Crippen LogP contribution in [0.2, 0.25) is 17.7 Å². The van der Waals surface area contributed by atoms with E-state index >= 15 is 0 Å². The van der Waals surface area contributed by atoms with E-state index < -0.39 is 20.2 Å². The van der Waals surface area contributed by atoms with E-state index in [1.54, 1.807) is 8.87 Å². The molecule has 0 atom stereocenters. The second-order valence-electron chi connectivity index (χ2n) is 5.41. The Balaban J connectivity index is 0. The Kier molecular flexibility index (Phi) is 27.2. The van der Waals surface area contributed by atoms with Gasteiger partial charge in [-0.05, 0) is 0 Å². The van der Waals surface area contributed by atoms with Crippen LogP contribution in [0, 0.1) is 0 Å². The van der Waals surface area contributed by atoms with E-state index in [0.717, 1.165) is 0 Å². The summed E-state index contributed by atoms with van der Waals surface area (Å²) in [7, 11) is 1.92. The Morgan fingerprint density at radius 1 is 0.700 bits per heavy atom. The van der Waals surface area contributed by atoms with Crippen LogP contribution in [0.15, 0.2) is 0 Å². The number of unbranched alkanes of at least 4 members (excludes halogenated alkanes) is 4. The first-order valence-corrected chi connectivity index (χ1v) is 18.1. The molecule has 3 radical (unpaired) electrons. The average Bonchev–Trinajstić information content (AvgIpc) is 2.48. The first-order valence-electron chi connectivity index (χ1n) is 8.86. The predicted octanol–water partition coefficient (Wildman–Crippen LogP) is 6.35. The quantitative estimate of drug-likeness (QED) is 0.213. The summed E-state index contributed by atoms with van der Waals surface area (Å²) < 4.78 is 11.7. The topological polar surface area (TPSA) is 9.23 Å².